The average molecular weight is 672 g/mol. The summed E-state index contributed by atoms with van der Waals surface area (Å²) in [6, 6.07) is 0. The lowest BCUT2D eigenvalue weighted by Crippen LogP contribution is -2.48. The van der Waals surface area contributed by atoms with E-state index in [1.54, 1.807) is 0 Å². The quantitative estimate of drug-likeness (QED) is 0.0723. The van der Waals surface area contributed by atoms with Crippen LogP contribution in [-0.4, -0.2) is 190 Å². The number of aliphatic hydroxyl groups excluding tert-OH is 8. The van der Waals surface area contributed by atoms with Gasteiger partial charge in [-0.2, -0.15) is 0 Å². The predicted molar refractivity (Wildman–Crippen MR) is 129 cm³/mol. The van der Waals surface area contributed by atoms with Crippen LogP contribution >= 0.6 is 0 Å². The molecule has 17 N–H and O–H groups in total. The molecule has 25 nitrogen and oxygen atoms in total. The molecule has 262 valence electrons. The summed E-state index contributed by atoms with van der Waals surface area (Å²) < 4.78 is 0. The van der Waals surface area contributed by atoms with E-state index in [4.69, 9.17) is 86.8 Å². The maximum absolute atomic E-state index is 10.3. The first kappa shape index (κ1) is 47.3. The Hall–Kier alpha value is -4.60. The number of carbonyl (C=O) groups is 8. The number of carboxylic acids is 8. The van der Waals surface area contributed by atoms with E-state index in [1.807, 2.05) is 0 Å². The molecule has 0 aromatic heterocycles. The Balaban J connectivity index is -0.000000252. The normalized spacial score (nSPS) is 15.0. The summed E-state index contributed by atoms with van der Waals surface area (Å²) >= 11 is 0. The third kappa shape index (κ3) is 22.6. The van der Waals surface area contributed by atoms with E-state index in [-0.39, 0.29) is 0 Å². The molecule has 0 amide bonds. The fourth-order valence-corrected chi connectivity index (χ4v) is 1.91. The molecule has 0 aliphatic heterocycles. The molecule has 0 aliphatic rings. The summed E-state index contributed by atoms with van der Waals surface area (Å²) in [5.74, 6) is -13.1. The van der Waals surface area contributed by atoms with Crippen molar-refractivity contribution in [2.24, 2.45) is 0 Å². The van der Waals surface area contributed by atoms with E-state index in [9.17, 15) is 38.4 Å². The Morgan fingerprint density at radius 2 is 0.822 bits per heavy atom. The monoisotopic (exact) mass is 672 g/mol. The number of hydrogen-bond acceptors (Lipinski definition) is 17. The number of hydrogen-bond donors (Lipinski definition) is 17. The molecule has 0 heterocycles. The molecular formula is C20H32O25. The van der Waals surface area contributed by atoms with Crippen LogP contribution in [0.4, 0.5) is 0 Å². The van der Waals surface area contributed by atoms with Gasteiger partial charge < -0.3 is 86.8 Å². The first-order chi connectivity index (χ1) is 20.2. The lowest BCUT2D eigenvalue weighted by Gasteiger charge is -2.23. The zero-order valence-corrected chi connectivity index (χ0v) is 22.2. The molecule has 0 fully saturated rings. The van der Waals surface area contributed by atoms with Crippen molar-refractivity contribution in [3.63, 3.8) is 0 Å². The van der Waals surface area contributed by atoms with Crippen molar-refractivity contribution in [3.8, 4) is 0 Å². The first-order valence-electron chi connectivity index (χ1n) is 11.1. The second-order valence-electron chi connectivity index (χ2n) is 8.01. The van der Waals surface area contributed by atoms with Crippen LogP contribution in [0.25, 0.3) is 0 Å². The van der Waals surface area contributed by atoms with Crippen molar-refractivity contribution in [1.82, 2.24) is 0 Å². The predicted octanol–water partition coefficient (Wildman–Crippen LogP) is -7.96. The van der Waals surface area contributed by atoms with Crippen molar-refractivity contribution in [1.29, 1.82) is 0 Å². The van der Waals surface area contributed by atoms with Crippen LogP contribution in [0.2, 0.25) is 0 Å². The second-order valence-corrected chi connectivity index (χ2v) is 8.01. The van der Waals surface area contributed by atoms with Gasteiger partial charge in [0, 0.05) is 0 Å². The van der Waals surface area contributed by atoms with Crippen LogP contribution in [0.3, 0.4) is 0 Å². The third-order valence-electron chi connectivity index (χ3n) is 4.25. The van der Waals surface area contributed by atoms with Gasteiger partial charge in [0.25, 0.3) is 0 Å². The number of aliphatic carboxylic acids is 8. The highest BCUT2D eigenvalue weighted by Crippen LogP contribution is 2.15. The topological polar surface area (TPSA) is 480 Å². The zero-order valence-electron chi connectivity index (χ0n) is 22.2. The molecular weight excluding hydrogens is 640 g/mol. The van der Waals surface area contributed by atoms with Crippen LogP contribution in [-0.2, 0) is 38.4 Å². The Labute approximate surface area is 247 Å². The van der Waals surface area contributed by atoms with Crippen molar-refractivity contribution >= 4 is 47.8 Å². The summed E-state index contributed by atoms with van der Waals surface area (Å²) in [6.07, 6.45) is -17.2. The average Bonchev–Trinajstić information content (AvgIpc) is 2.89. The van der Waals surface area contributed by atoms with Gasteiger partial charge in [-0.05, 0) is 0 Å². The molecule has 0 saturated carbocycles. The lowest BCUT2D eigenvalue weighted by molar-refractivity contribution is -0.170. The van der Waals surface area contributed by atoms with Gasteiger partial charge in [-0.1, -0.05) is 0 Å². The summed E-state index contributed by atoms with van der Waals surface area (Å²) in [5, 5.41) is 142. The minimum absolute atomic E-state index is 0.755. The van der Waals surface area contributed by atoms with Crippen molar-refractivity contribution in [3.05, 3.63) is 0 Å². The van der Waals surface area contributed by atoms with Crippen LogP contribution in [0, 0.1) is 0 Å². The number of carboxylic acid groups (broad SMARTS) is 8. The Kier molecular flexibility index (Phi) is 24.1. The smallest absolute Gasteiger partial charge is 0.336 e. The Morgan fingerprint density at radius 3 is 1.00 bits per heavy atom. The highest BCUT2D eigenvalue weighted by atomic mass is 16.5. The molecule has 0 rings (SSSR count). The molecule has 7 atom stereocenters. The van der Waals surface area contributed by atoms with Crippen molar-refractivity contribution in [2.75, 3.05) is 6.61 Å². The Morgan fingerprint density at radius 1 is 0.489 bits per heavy atom. The van der Waals surface area contributed by atoms with Crippen molar-refractivity contribution < 1.29 is 125 Å². The third-order valence-corrected chi connectivity index (χ3v) is 4.25. The first-order valence-corrected chi connectivity index (χ1v) is 11.1. The van der Waals surface area contributed by atoms with E-state index >= 15 is 0 Å². The molecule has 3 unspecified atom stereocenters. The van der Waals surface area contributed by atoms with Crippen LogP contribution < -0.4 is 0 Å². The van der Waals surface area contributed by atoms with E-state index in [0.29, 0.717) is 0 Å². The van der Waals surface area contributed by atoms with Crippen LogP contribution in [0.15, 0.2) is 0 Å². The van der Waals surface area contributed by atoms with Crippen LogP contribution in [0.5, 0.6) is 0 Å². The van der Waals surface area contributed by atoms with Gasteiger partial charge in [-0.25, -0.2) is 24.0 Å². The summed E-state index contributed by atoms with van der Waals surface area (Å²) in [5.41, 5.74) is -2.74. The van der Waals surface area contributed by atoms with Gasteiger partial charge in [0.2, 0.25) is 0 Å². The molecule has 0 radical (unpaired) electrons. The van der Waals surface area contributed by atoms with E-state index in [0.717, 1.165) is 0 Å². The highest BCUT2D eigenvalue weighted by Gasteiger charge is 2.41. The van der Waals surface area contributed by atoms with E-state index in [2.05, 4.69) is 0 Å². The molecule has 25 heteroatoms. The largest absolute Gasteiger partial charge is 0.481 e. The van der Waals surface area contributed by atoms with Gasteiger partial charge in [-0.15, -0.1) is 0 Å². The summed E-state index contributed by atoms with van der Waals surface area (Å²) in [6.45, 7) is -0.843. The SMILES string of the molecule is O=C(O)C(O)C(O)C(=O)O.O=C(O)CC(O)(CC(=O)O)C(=O)O.O=C(O)CC(O)C(=O)O.O=C(O)[C@H](O)[C@@H](O)[C@H](O)[C@H](O)CO. The fourth-order valence-electron chi connectivity index (χ4n) is 1.91. The summed E-state index contributed by atoms with van der Waals surface area (Å²) in [7, 11) is 0. The van der Waals surface area contributed by atoms with E-state index < -0.39 is 122 Å². The highest BCUT2D eigenvalue weighted by molar-refractivity contribution is 5.88. The second kappa shape index (κ2) is 22.9. The van der Waals surface area contributed by atoms with Gasteiger partial charge in [0.1, 0.15) is 18.3 Å². The van der Waals surface area contributed by atoms with Crippen molar-refractivity contribution in [2.45, 2.75) is 67.6 Å². The van der Waals surface area contributed by atoms with Crippen LogP contribution in [0.1, 0.15) is 19.3 Å². The molecule has 0 bridgehead atoms. The van der Waals surface area contributed by atoms with Gasteiger partial charge in [0.05, 0.1) is 25.9 Å². The van der Waals surface area contributed by atoms with E-state index in [1.165, 1.54) is 0 Å². The van der Waals surface area contributed by atoms with Gasteiger partial charge in [0.15, 0.2) is 30.0 Å². The molecule has 0 aromatic carbocycles. The lowest BCUT2D eigenvalue weighted by atomic mass is 9.96. The zero-order chi connectivity index (χ0) is 37.0. The molecule has 0 spiro atoms. The molecule has 0 aromatic rings. The Bertz CT molecular complexity index is 973. The number of rotatable bonds is 16. The fraction of sp³-hybridized carbons (Fsp3) is 0.600. The molecule has 0 aliphatic carbocycles. The van der Waals surface area contributed by atoms with Gasteiger partial charge in [-0.3, -0.25) is 14.4 Å². The summed E-state index contributed by atoms with van der Waals surface area (Å²) in [4.78, 5) is 79.5. The minimum Gasteiger partial charge on any atom is -0.481 e. The molecule has 0 saturated heterocycles. The molecule has 45 heavy (non-hydrogen) atoms. The standard InChI is InChI=1S/C6H8O7.C6H12O7.C4H6O6.C4H6O5/c7-3(8)1-6(13,5(11)12)2-4(9)10;7-1-2(8)3(9)4(10)5(11)6(12)13;5-1(3(7)8)2(6)4(9)10;5-2(4(8)9)1-3(6)7/h13H,1-2H2,(H,7,8)(H,9,10)(H,11,12);2-5,7-11H,1H2,(H,12,13);1-2,5-6H,(H,7,8)(H,9,10);2,5H,1H2,(H,6,7)(H,8,9)/t;2-,3-,4+,5-;;/m.1../s1. The maximum atomic E-state index is 10.3. The number of aliphatic hydroxyl groups is 9. The maximum Gasteiger partial charge on any atom is 0.336 e. The van der Waals surface area contributed by atoms with Gasteiger partial charge >= 0.3 is 47.8 Å². The minimum atomic E-state index is -2.74.